The Labute approximate surface area is 116 Å². The SMILES string of the molecule is CC(CCN(C)C)n1ccc(=O)nc1SCC(=O)O. The first-order chi connectivity index (χ1) is 8.90. The highest BCUT2D eigenvalue weighted by Gasteiger charge is 2.12. The molecule has 1 heterocycles. The van der Waals surface area contributed by atoms with Gasteiger partial charge in [0.05, 0.1) is 5.75 Å². The topological polar surface area (TPSA) is 75.4 Å². The fourth-order valence-electron chi connectivity index (χ4n) is 1.55. The van der Waals surface area contributed by atoms with Crippen LogP contribution in [0.4, 0.5) is 0 Å². The molecule has 0 spiro atoms. The average Bonchev–Trinajstić information content (AvgIpc) is 2.33. The van der Waals surface area contributed by atoms with Crippen molar-refractivity contribution >= 4 is 17.7 Å². The lowest BCUT2D eigenvalue weighted by Crippen LogP contribution is -2.21. The zero-order valence-electron chi connectivity index (χ0n) is 11.4. The summed E-state index contributed by atoms with van der Waals surface area (Å²) >= 11 is 1.07. The quantitative estimate of drug-likeness (QED) is 0.593. The number of nitrogens with zero attached hydrogens (tertiary/aromatic N) is 3. The van der Waals surface area contributed by atoms with Crippen LogP contribution in [0.2, 0.25) is 0 Å². The fraction of sp³-hybridized carbons (Fsp3) is 0.583. The maximum atomic E-state index is 11.3. The molecule has 0 saturated carbocycles. The molecule has 0 aliphatic carbocycles. The molecule has 0 fully saturated rings. The van der Waals surface area contributed by atoms with Gasteiger partial charge in [-0.2, -0.15) is 4.98 Å². The average molecular weight is 285 g/mol. The van der Waals surface area contributed by atoms with Crippen LogP contribution in [0.15, 0.2) is 22.2 Å². The lowest BCUT2D eigenvalue weighted by molar-refractivity contribution is -0.133. The van der Waals surface area contributed by atoms with Crippen molar-refractivity contribution in [1.29, 1.82) is 0 Å². The summed E-state index contributed by atoms with van der Waals surface area (Å²) in [5.41, 5.74) is -0.344. The third-order valence-electron chi connectivity index (χ3n) is 2.60. The highest BCUT2D eigenvalue weighted by Crippen LogP contribution is 2.20. The molecule has 7 heteroatoms. The van der Waals surface area contributed by atoms with Gasteiger partial charge in [-0.1, -0.05) is 11.8 Å². The van der Waals surface area contributed by atoms with Crippen molar-refractivity contribution in [2.24, 2.45) is 0 Å². The zero-order chi connectivity index (χ0) is 14.4. The number of carbonyl (C=O) groups is 1. The normalized spacial score (nSPS) is 12.6. The Hall–Kier alpha value is -1.34. The molecule has 0 radical (unpaired) electrons. The van der Waals surface area contributed by atoms with Gasteiger partial charge in [0.2, 0.25) is 0 Å². The lowest BCUT2D eigenvalue weighted by atomic mass is 10.2. The molecule has 0 aliphatic rings. The number of hydrogen-bond donors (Lipinski definition) is 1. The van der Waals surface area contributed by atoms with E-state index in [-0.39, 0.29) is 17.4 Å². The van der Waals surface area contributed by atoms with E-state index < -0.39 is 5.97 Å². The van der Waals surface area contributed by atoms with E-state index in [0.717, 1.165) is 24.7 Å². The van der Waals surface area contributed by atoms with Crippen molar-refractivity contribution in [3.8, 4) is 0 Å². The zero-order valence-corrected chi connectivity index (χ0v) is 12.2. The second kappa shape index (κ2) is 7.30. The van der Waals surface area contributed by atoms with Gasteiger partial charge < -0.3 is 14.6 Å². The molecule has 0 saturated heterocycles. The van der Waals surface area contributed by atoms with Gasteiger partial charge in [0.15, 0.2) is 5.16 Å². The Morgan fingerprint density at radius 1 is 1.58 bits per heavy atom. The van der Waals surface area contributed by atoms with Crippen LogP contribution in [-0.2, 0) is 4.79 Å². The van der Waals surface area contributed by atoms with Crippen molar-refractivity contribution in [2.75, 3.05) is 26.4 Å². The number of carboxylic acids is 1. The Bertz CT molecular complexity index is 487. The minimum absolute atomic E-state index is 0.100. The second-order valence-corrected chi connectivity index (χ2v) is 5.52. The molecule has 1 unspecified atom stereocenters. The first-order valence-electron chi connectivity index (χ1n) is 5.98. The summed E-state index contributed by atoms with van der Waals surface area (Å²) < 4.78 is 1.86. The van der Waals surface area contributed by atoms with E-state index in [0.29, 0.717) is 5.16 Å². The predicted octanol–water partition coefficient (Wildman–Crippen LogP) is 0.933. The summed E-state index contributed by atoms with van der Waals surface area (Å²) in [6.07, 6.45) is 2.58. The van der Waals surface area contributed by atoms with E-state index >= 15 is 0 Å². The fourth-order valence-corrected chi connectivity index (χ4v) is 2.35. The summed E-state index contributed by atoms with van der Waals surface area (Å²) in [4.78, 5) is 27.9. The van der Waals surface area contributed by atoms with Crippen LogP contribution in [-0.4, -0.2) is 51.9 Å². The Balaban J connectivity index is 2.85. The first kappa shape index (κ1) is 15.7. The third kappa shape index (κ3) is 5.44. The van der Waals surface area contributed by atoms with Crippen molar-refractivity contribution in [2.45, 2.75) is 24.5 Å². The number of rotatable bonds is 7. The second-order valence-electron chi connectivity index (χ2n) is 4.58. The van der Waals surface area contributed by atoms with Crippen LogP contribution in [0, 0.1) is 0 Å². The summed E-state index contributed by atoms with van der Waals surface area (Å²) in [5, 5.41) is 9.17. The maximum absolute atomic E-state index is 11.3. The van der Waals surface area contributed by atoms with E-state index in [1.807, 2.05) is 25.6 Å². The van der Waals surface area contributed by atoms with Crippen molar-refractivity contribution in [3.63, 3.8) is 0 Å². The number of aliphatic carboxylic acids is 1. The van der Waals surface area contributed by atoms with Crippen LogP contribution in [0.25, 0.3) is 0 Å². The lowest BCUT2D eigenvalue weighted by Gasteiger charge is -2.20. The summed E-state index contributed by atoms with van der Waals surface area (Å²) in [6, 6.07) is 1.56. The van der Waals surface area contributed by atoms with Crippen molar-refractivity contribution in [3.05, 3.63) is 22.6 Å². The Kier molecular flexibility index (Phi) is 6.04. The molecule has 0 bridgehead atoms. The summed E-state index contributed by atoms with van der Waals surface area (Å²) in [6.45, 7) is 2.94. The van der Waals surface area contributed by atoms with E-state index in [1.165, 1.54) is 6.07 Å². The Morgan fingerprint density at radius 3 is 2.84 bits per heavy atom. The van der Waals surface area contributed by atoms with Crippen LogP contribution in [0.3, 0.4) is 0 Å². The van der Waals surface area contributed by atoms with Gasteiger partial charge in [-0.15, -0.1) is 0 Å². The molecular formula is C12H19N3O3S. The van der Waals surface area contributed by atoms with E-state index in [2.05, 4.69) is 9.88 Å². The van der Waals surface area contributed by atoms with Gasteiger partial charge in [0, 0.05) is 18.3 Å². The van der Waals surface area contributed by atoms with Gasteiger partial charge in [-0.3, -0.25) is 9.59 Å². The smallest absolute Gasteiger partial charge is 0.313 e. The van der Waals surface area contributed by atoms with Gasteiger partial charge in [-0.25, -0.2) is 0 Å². The van der Waals surface area contributed by atoms with Gasteiger partial charge in [0.1, 0.15) is 0 Å². The monoisotopic (exact) mass is 285 g/mol. The van der Waals surface area contributed by atoms with Gasteiger partial charge in [0.25, 0.3) is 5.56 Å². The molecule has 6 nitrogen and oxygen atoms in total. The van der Waals surface area contributed by atoms with E-state index in [4.69, 9.17) is 5.11 Å². The first-order valence-corrected chi connectivity index (χ1v) is 6.97. The molecule has 1 aromatic heterocycles. The van der Waals surface area contributed by atoms with Crippen LogP contribution >= 0.6 is 11.8 Å². The van der Waals surface area contributed by atoms with E-state index in [1.54, 1.807) is 6.20 Å². The molecular weight excluding hydrogens is 266 g/mol. The third-order valence-corrected chi connectivity index (χ3v) is 3.55. The number of hydrogen-bond acceptors (Lipinski definition) is 5. The number of carboxylic acid groups (broad SMARTS) is 1. The molecule has 1 aromatic rings. The van der Waals surface area contributed by atoms with Crippen LogP contribution in [0.1, 0.15) is 19.4 Å². The van der Waals surface area contributed by atoms with Crippen LogP contribution < -0.4 is 5.56 Å². The molecule has 0 amide bonds. The van der Waals surface area contributed by atoms with Gasteiger partial charge >= 0.3 is 5.97 Å². The molecule has 1 atom stereocenters. The van der Waals surface area contributed by atoms with Crippen molar-refractivity contribution in [1.82, 2.24) is 14.5 Å². The standard InChI is InChI=1S/C12H19N3O3S/c1-9(4-6-14(2)3)15-7-5-10(16)13-12(15)19-8-11(17)18/h5,7,9H,4,6,8H2,1-3H3,(H,17,18). The molecule has 1 rings (SSSR count). The molecule has 19 heavy (non-hydrogen) atoms. The molecule has 1 N–H and O–H groups in total. The largest absolute Gasteiger partial charge is 0.481 e. The molecule has 0 aromatic carbocycles. The summed E-state index contributed by atoms with van der Waals surface area (Å²) in [5.74, 6) is -1.02. The van der Waals surface area contributed by atoms with Crippen LogP contribution in [0.5, 0.6) is 0 Å². The predicted molar refractivity (Wildman–Crippen MR) is 74.7 cm³/mol. The minimum atomic E-state index is -0.921. The minimum Gasteiger partial charge on any atom is -0.481 e. The summed E-state index contributed by atoms with van der Waals surface area (Å²) in [7, 11) is 3.99. The van der Waals surface area contributed by atoms with E-state index in [9.17, 15) is 9.59 Å². The highest BCUT2D eigenvalue weighted by atomic mass is 32.2. The molecule has 106 valence electrons. The number of thioether (sulfide) groups is 1. The maximum Gasteiger partial charge on any atom is 0.313 e. The Morgan fingerprint density at radius 2 is 2.26 bits per heavy atom. The highest BCUT2D eigenvalue weighted by molar-refractivity contribution is 7.99. The molecule has 0 aliphatic heterocycles. The van der Waals surface area contributed by atoms with Crippen molar-refractivity contribution < 1.29 is 9.90 Å². The number of aromatic nitrogens is 2. The van der Waals surface area contributed by atoms with Gasteiger partial charge in [-0.05, 0) is 34.0 Å².